The number of benzene rings is 2. The lowest BCUT2D eigenvalue weighted by Crippen LogP contribution is -2.28. The highest BCUT2D eigenvalue weighted by Crippen LogP contribution is 2.36. The predicted molar refractivity (Wildman–Crippen MR) is 156 cm³/mol. The number of hydrogen-bond acceptors (Lipinski definition) is 8. The van der Waals surface area contributed by atoms with E-state index in [4.69, 9.17) is 15.7 Å². The van der Waals surface area contributed by atoms with Gasteiger partial charge in [-0.15, -0.1) is 0 Å². The second-order valence-electron chi connectivity index (χ2n) is 10.1. The van der Waals surface area contributed by atoms with Crippen molar-refractivity contribution in [1.82, 2.24) is 34.6 Å². The fourth-order valence-corrected chi connectivity index (χ4v) is 5.49. The van der Waals surface area contributed by atoms with E-state index in [9.17, 15) is 19.1 Å². The van der Waals surface area contributed by atoms with Gasteiger partial charge in [-0.1, -0.05) is 6.07 Å². The molecule has 0 saturated heterocycles. The summed E-state index contributed by atoms with van der Waals surface area (Å²) in [4.78, 5) is 38.2. The van der Waals surface area contributed by atoms with Crippen LogP contribution in [0, 0.1) is 5.82 Å². The lowest BCUT2D eigenvalue weighted by Gasteiger charge is -2.16. The number of nitrogen functional groups attached to an aromatic ring is 1. The maximum atomic E-state index is 14.5. The van der Waals surface area contributed by atoms with Crippen LogP contribution in [0.15, 0.2) is 79.3 Å². The predicted octanol–water partition coefficient (Wildman–Crippen LogP) is 4.32. The average Bonchev–Trinajstić information content (AvgIpc) is 3.76. The number of halogens is 1. The number of aromatic hydroxyl groups is 1. The molecule has 0 spiro atoms. The van der Waals surface area contributed by atoms with E-state index in [2.05, 4.69) is 15.4 Å². The molecule has 4 aromatic heterocycles. The number of imidazole rings is 1. The number of phenols is 1. The highest BCUT2D eigenvalue weighted by Gasteiger charge is 2.27. The number of anilines is 1. The molecule has 212 valence electrons. The van der Waals surface area contributed by atoms with E-state index < -0.39 is 17.5 Å². The van der Waals surface area contributed by atoms with Crippen LogP contribution in [-0.2, 0) is 6.42 Å². The second kappa shape index (κ2) is 10.2. The van der Waals surface area contributed by atoms with E-state index in [1.165, 1.54) is 0 Å². The minimum atomic E-state index is -0.912. The van der Waals surface area contributed by atoms with Gasteiger partial charge in [0.2, 0.25) is 0 Å². The normalized spacial score (nSPS) is 14.1. The summed E-state index contributed by atoms with van der Waals surface area (Å²) in [5, 5.41) is 16.9. The number of fused-ring (bicyclic) bond motifs is 2. The van der Waals surface area contributed by atoms with Crippen LogP contribution in [0.25, 0.3) is 34.1 Å². The molecule has 0 radical (unpaired) electrons. The van der Waals surface area contributed by atoms with Gasteiger partial charge in [0, 0.05) is 30.3 Å². The first-order valence-corrected chi connectivity index (χ1v) is 13.4. The number of pyridine rings is 2. The van der Waals surface area contributed by atoms with E-state index >= 15 is 0 Å². The molecule has 43 heavy (non-hydrogen) atoms. The van der Waals surface area contributed by atoms with Gasteiger partial charge in [0.25, 0.3) is 5.91 Å². The zero-order chi connectivity index (χ0) is 29.7. The first kappa shape index (κ1) is 26.0. The summed E-state index contributed by atoms with van der Waals surface area (Å²) in [5.41, 5.74) is 10.4. The Bertz CT molecular complexity index is 2050. The molecule has 1 atom stereocenters. The zero-order valence-corrected chi connectivity index (χ0v) is 22.5. The Morgan fingerprint density at radius 2 is 1.98 bits per heavy atom. The minimum Gasteiger partial charge on any atom is -0.507 e. The number of rotatable bonds is 6. The first-order chi connectivity index (χ1) is 20.9. The molecule has 0 saturated carbocycles. The van der Waals surface area contributed by atoms with Gasteiger partial charge in [-0.2, -0.15) is 5.10 Å². The van der Waals surface area contributed by atoms with Crippen LogP contribution in [0.1, 0.15) is 44.3 Å². The number of carbonyl (C=O) groups is 2. The second-order valence-corrected chi connectivity index (χ2v) is 10.1. The van der Waals surface area contributed by atoms with Crippen molar-refractivity contribution in [2.75, 3.05) is 5.73 Å². The van der Waals surface area contributed by atoms with Gasteiger partial charge < -0.3 is 16.2 Å². The van der Waals surface area contributed by atoms with Crippen LogP contribution < -0.4 is 11.1 Å². The molecule has 11 nitrogen and oxygen atoms in total. The number of aromatic nitrogens is 6. The van der Waals surface area contributed by atoms with Crippen LogP contribution in [0.2, 0.25) is 0 Å². The third-order valence-corrected chi connectivity index (χ3v) is 7.56. The van der Waals surface area contributed by atoms with Crippen molar-refractivity contribution in [2.24, 2.45) is 0 Å². The number of hydrogen-bond donors (Lipinski definition) is 3. The molecule has 2 aromatic carbocycles. The van der Waals surface area contributed by atoms with Crippen LogP contribution in [0.4, 0.5) is 10.2 Å². The maximum absolute atomic E-state index is 14.5. The first-order valence-electron chi connectivity index (χ1n) is 13.4. The SMILES string of the molecule is Nc1ncccc1-c1nc2ccc(-n3cccn3)nc2n1-c1ccc2c(c1)CC[C@@H]2NC(=O)c1cc(C=O)c(O)cc1F. The van der Waals surface area contributed by atoms with Crippen molar-refractivity contribution in [1.29, 1.82) is 0 Å². The fourth-order valence-electron chi connectivity index (χ4n) is 5.49. The number of nitrogens with zero attached hydrogens (tertiary/aromatic N) is 6. The summed E-state index contributed by atoms with van der Waals surface area (Å²) in [5.74, 6) is -0.587. The number of phenolic OH excluding ortho intramolecular Hbond substituents is 1. The lowest BCUT2D eigenvalue weighted by atomic mass is 10.1. The molecule has 0 fully saturated rings. The molecule has 1 amide bonds. The van der Waals surface area contributed by atoms with Crippen molar-refractivity contribution < 1.29 is 19.1 Å². The number of nitrogens with one attached hydrogen (secondary N) is 1. The minimum absolute atomic E-state index is 0.162. The molecule has 1 aliphatic rings. The van der Waals surface area contributed by atoms with E-state index in [1.807, 2.05) is 53.2 Å². The molecule has 0 bridgehead atoms. The van der Waals surface area contributed by atoms with Gasteiger partial charge >= 0.3 is 0 Å². The standard InChI is InChI=1S/C31H23FN8O3/c32-23-15-26(42)18(16-41)14-22(23)31(43)37-24-7-4-17-13-19(5-6-20(17)24)40-29(21-3-1-10-34-28(21)33)36-25-8-9-27(38-30(25)40)39-12-2-11-35-39/h1-3,5-6,8-16,24,42H,4,7H2,(H2,33,34)(H,37,43)/t24-/m0/s1. The molecule has 4 heterocycles. The molecule has 12 heteroatoms. The van der Waals surface area contributed by atoms with Crippen LogP contribution in [-0.4, -0.2) is 46.6 Å². The van der Waals surface area contributed by atoms with Gasteiger partial charge in [0.05, 0.1) is 22.7 Å². The maximum Gasteiger partial charge on any atom is 0.254 e. The van der Waals surface area contributed by atoms with Crippen molar-refractivity contribution in [3.63, 3.8) is 0 Å². The fraction of sp³-hybridized carbons (Fsp3) is 0.0968. The van der Waals surface area contributed by atoms with E-state index in [1.54, 1.807) is 23.1 Å². The van der Waals surface area contributed by atoms with Crippen molar-refractivity contribution in [2.45, 2.75) is 18.9 Å². The summed E-state index contributed by atoms with van der Waals surface area (Å²) in [7, 11) is 0. The molecule has 4 N–H and O–H groups in total. The van der Waals surface area contributed by atoms with Gasteiger partial charge in [-0.3, -0.25) is 14.2 Å². The highest BCUT2D eigenvalue weighted by molar-refractivity contribution is 5.97. The van der Waals surface area contributed by atoms with E-state index in [0.29, 0.717) is 53.3 Å². The summed E-state index contributed by atoms with van der Waals surface area (Å²) in [6.07, 6.45) is 6.74. The van der Waals surface area contributed by atoms with Gasteiger partial charge in [0.1, 0.15) is 22.9 Å². The number of amides is 1. The van der Waals surface area contributed by atoms with E-state index in [-0.39, 0.29) is 17.2 Å². The Morgan fingerprint density at radius 3 is 2.77 bits per heavy atom. The number of nitrogens with two attached hydrogens (primary N) is 1. The Balaban J connectivity index is 1.29. The van der Waals surface area contributed by atoms with Crippen LogP contribution in [0.5, 0.6) is 5.75 Å². The van der Waals surface area contributed by atoms with Crippen molar-refractivity contribution in [3.05, 3.63) is 107 Å². The lowest BCUT2D eigenvalue weighted by molar-refractivity contribution is 0.0932. The van der Waals surface area contributed by atoms with Crippen molar-refractivity contribution in [3.8, 4) is 28.6 Å². The third kappa shape index (κ3) is 4.45. The van der Waals surface area contributed by atoms with Gasteiger partial charge in [0.15, 0.2) is 23.6 Å². The monoisotopic (exact) mass is 574 g/mol. The molecule has 7 rings (SSSR count). The van der Waals surface area contributed by atoms with Crippen molar-refractivity contribution >= 4 is 29.2 Å². The van der Waals surface area contributed by atoms with Crippen LogP contribution >= 0.6 is 0 Å². The Morgan fingerprint density at radius 1 is 1.09 bits per heavy atom. The summed E-state index contributed by atoms with van der Waals surface area (Å²) >= 11 is 0. The summed E-state index contributed by atoms with van der Waals surface area (Å²) < 4.78 is 18.1. The number of carbonyl (C=O) groups excluding carboxylic acids is 2. The quantitative estimate of drug-likeness (QED) is 0.249. The van der Waals surface area contributed by atoms with Crippen LogP contribution in [0.3, 0.4) is 0 Å². The Hall–Kier alpha value is -5.91. The Kier molecular flexibility index (Phi) is 6.16. The zero-order valence-electron chi connectivity index (χ0n) is 22.5. The summed E-state index contributed by atoms with van der Waals surface area (Å²) in [6.45, 7) is 0. The highest BCUT2D eigenvalue weighted by atomic mass is 19.1. The summed E-state index contributed by atoms with van der Waals surface area (Å²) in [6, 6.07) is 16.5. The molecular formula is C31H23FN8O3. The topological polar surface area (TPSA) is 154 Å². The smallest absolute Gasteiger partial charge is 0.254 e. The molecule has 1 aliphatic carbocycles. The Labute approximate surface area is 243 Å². The average molecular weight is 575 g/mol. The molecule has 0 aliphatic heterocycles. The van der Waals surface area contributed by atoms with Gasteiger partial charge in [-0.05, 0) is 72.5 Å². The van der Waals surface area contributed by atoms with Gasteiger partial charge in [-0.25, -0.2) is 24.0 Å². The molecule has 6 aromatic rings. The van der Waals surface area contributed by atoms with E-state index in [0.717, 1.165) is 28.9 Å². The molecule has 0 unspecified atom stereocenters. The number of aldehydes is 1. The largest absolute Gasteiger partial charge is 0.507 e. The number of aryl methyl sites for hydroxylation is 1. The molecular weight excluding hydrogens is 551 g/mol. The third-order valence-electron chi connectivity index (χ3n) is 7.56.